The van der Waals surface area contributed by atoms with Gasteiger partial charge in [-0.3, -0.25) is 9.69 Å². The van der Waals surface area contributed by atoms with E-state index in [9.17, 15) is 4.79 Å². The summed E-state index contributed by atoms with van der Waals surface area (Å²) in [5, 5.41) is 3.03. The summed E-state index contributed by atoms with van der Waals surface area (Å²) < 4.78 is 5.38. The van der Waals surface area contributed by atoms with E-state index >= 15 is 0 Å². The van der Waals surface area contributed by atoms with Gasteiger partial charge >= 0.3 is 0 Å². The Morgan fingerprint density at radius 1 is 1.44 bits per heavy atom. The molecule has 0 saturated carbocycles. The fourth-order valence-corrected chi connectivity index (χ4v) is 2.90. The molecule has 0 aromatic heterocycles. The molecule has 0 spiro atoms. The SMILES string of the molecule is C[C@@H]1CCCN([C@@H](C)CNC(=O)[C@@H]2CCCO2)C1. The minimum absolute atomic E-state index is 0.0735. The molecule has 0 bridgehead atoms. The van der Waals surface area contributed by atoms with Gasteiger partial charge in [0.05, 0.1) is 0 Å². The molecule has 0 aliphatic carbocycles. The number of rotatable bonds is 4. The molecule has 0 radical (unpaired) electrons. The molecule has 3 atom stereocenters. The highest BCUT2D eigenvalue weighted by Gasteiger charge is 2.25. The summed E-state index contributed by atoms with van der Waals surface area (Å²) in [7, 11) is 0. The van der Waals surface area contributed by atoms with Crippen LogP contribution in [0.15, 0.2) is 0 Å². The van der Waals surface area contributed by atoms with Crippen LogP contribution in [-0.2, 0) is 9.53 Å². The Labute approximate surface area is 110 Å². The molecule has 4 nitrogen and oxygen atoms in total. The monoisotopic (exact) mass is 254 g/mol. The van der Waals surface area contributed by atoms with Gasteiger partial charge in [0.15, 0.2) is 0 Å². The predicted molar refractivity (Wildman–Crippen MR) is 71.4 cm³/mol. The molecule has 1 amide bonds. The summed E-state index contributed by atoms with van der Waals surface area (Å²) in [6, 6.07) is 0.429. The van der Waals surface area contributed by atoms with Crippen LogP contribution in [0.2, 0.25) is 0 Å². The lowest BCUT2D eigenvalue weighted by atomic mass is 9.99. The number of piperidine rings is 1. The van der Waals surface area contributed by atoms with Crippen molar-refractivity contribution in [2.24, 2.45) is 5.92 Å². The van der Waals surface area contributed by atoms with Gasteiger partial charge in [-0.1, -0.05) is 6.92 Å². The summed E-state index contributed by atoms with van der Waals surface area (Å²) in [5.41, 5.74) is 0. The minimum atomic E-state index is -0.197. The molecule has 1 N–H and O–H groups in total. The zero-order chi connectivity index (χ0) is 13.0. The smallest absolute Gasteiger partial charge is 0.249 e. The third-order valence-electron chi connectivity index (χ3n) is 4.11. The number of hydrogen-bond donors (Lipinski definition) is 1. The Kier molecular flexibility index (Phi) is 5.01. The highest BCUT2D eigenvalue weighted by Crippen LogP contribution is 2.17. The number of carbonyl (C=O) groups is 1. The molecule has 2 heterocycles. The molecule has 2 rings (SSSR count). The van der Waals surface area contributed by atoms with Crippen molar-refractivity contribution in [1.29, 1.82) is 0 Å². The lowest BCUT2D eigenvalue weighted by Gasteiger charge is -2.35. The molecule has 0 aromatic carbocycles. The summed E-state index contributed by atoms with van der Waals surface area (Å²) in [6.45, 7) is 8.32. The average molecular weight is 254 g/mol. The number of amides is 1. The van der Waals surface area contributed by atoms with E-state index in [0.717, 1.165) is 38.5 Å². The molecule has 2 saturated heterocycles. The van der Waals surface area contributed by atoms with Crippen LogP contribution in [0.4, 0.5) is 0 Å². The van der Waals surface area contributed by atoms with Gasteiger partial charge in [0.1, 0.15) is 6.10 Å². The minimum Gasteiger partial charge on any atom is -0.368 e. The predicted octanol–water partition coefficient (Wildman–Crippen LogP) is 1.40. The van der Waals surface area contributed by atoms with E-state index in [2.05, 4.69) is 24.1 Å². The van der Waals surface area contributed by atoms with E-state index < -0.39 is 0 Å². The van der Waals surface area contributed by atoms with Crippen LogP contribution in [0.5, 0.6) is 0 Å². The van der Waals surface area contributed by atoms with E-state index in [1.807, 2.05) is 0 Å². The van der Waals surface area contributed by atoms with Crippen molar-refractivity contribution in [2.75, 3.05) is 26.2 Å². The van der Waals surface area contributed by atoms with Gasteiger partial charge in [-0.15, -0.1) is 0 Å². The Morgan fingerprint density at radius 2 is 2.28 bits per heavy atom. The zero-order valence-electron chi connectivity index (χ0n) is 11.7. The number of likely N-dealkylation sites (tertiary alicyclic amines) is 1. The first-order chi connectivity index (χ1) is 8.66. The van der Waals surface area contributed by atoms with Gasteiger partial charge in [0, 0.05) is 25.7 Å². The van der Waals surface area contributed by atoms with Crippen LogP contribution in [0, 0.1) is 5.92 Å². The van der Waals surface area contributed by atoms with Gasteiger partial charge < -0.3 is 10.1 Å². The maximum atomic E-state index is 11.8. The van der Waals surface area contributed by atoms with Crippen LogP contribution in [-0.4, -0.2) is 49.2 Å². The Balaban J connectivity index is 1.70. The third-order valence-corrected chi connectivity index (χ3v) is 4.11. The number of hydrogen-bond acceptors (Lipinski definition) is 3. The van der Waals surface area contributed by atoms with Crippen molar-refractivity contribution in [3.05, 3.63) is 0 Å². The highest BCUT2D eigenvalue weighted by atomic mass is 16.5. The van der Waals surface area contributed by atoms with Crippen molar-refractivity contribution in [3.8, 4) is 0 Å². The molecule has 4 heteroatoms. The van der Waals surface area contributed by atoms with Gasteiger partial charge in [0.2, 0.25) is 5.91 Å². The quantitative estimate of drug-likeness (QED) is 0.824. The first-order valence-corrected chi connectivity index (χ1v) is 7.30. The van der Waals surface area contributed by atoms with Gasteiger partial charge in [-0.05, 0) is 45.1 Å². The molecule has 2 fully saturated rings. The number of nitrogens with zero attached hydrogens (tertiary/aromatic N) is 1. The second-order valence-corrected chi connectivity index (χ2v) is 5.84. The van der Waals surface area contributed by atoms with Crippen molar-refractivity contribution in [2.45, 2.75) is 51.7 Å². The summed E-state index contributed by atoms with van der Waals surface area (Å²) >= 11 is 0. The second-order valence-electron chi connectivity index (χ2n) is 5.84. The maximum Gasteiger partial charge on any atom is 0.249 e. The van der Waals surface area contributed by atoms with E-state index in [1.165, 1.54) is 19.4 Å². The lowest BCUT2D eigenvalue weighted by molar-refractivity contribution is -0.130. The Hall–Kier alpha value is -0.610. The third kappa shape index (κ3) is 3.69. The molecule has 0 unspecified atom stereocenters. The van der Waals surface area contributed by atoms with Crippen molar-refractivity contribution in [3.63, 3.8) is 0 Å². The molecular formula is C14H26N2O2. The molecule has 104 valence electrons. The fourth-order valence-electron chi connectivity index (χ4n) is 2.90. The van der Waals surface area contributed by atoms with Crippen molar-refractivity contribution in [1.82, 2.24) is 10.2 Å². The molecular weight excluding hydrogens is 228 g/mol. The molecule has 2 aliphatic heterocycles. The normalized spacial score (nSPS) is 31.2. The molecule has 2 aliphatic rings. The van der Waals surface area contributed by atoms with Crippen LogP contribution in [0.3, 0.4) is 0 Å². The van der Waals surface area contributed by atoms with Crippen LogP contribution < -0.4 is 5.32 Å². The first kappa shape index (κ1) is 13.8. The van der Waals surface area contributed by atoms with Crippen LogP contribution >= 0.6 is 0 Å². The largest absolute Gasteiger partial charge is 0.368 e. The Morgan fingerprint density at radius 3 is 2.94 bits per heavy atom. The maximum absolute atomic E-state index is 11.8. The highest BCUT2D eigenvalue weighted by molar-refractivity contribution is 5.80. The van der Waals surface area contributed by atoms with Gasteiger partial charge in [-0.2, -0.15) is 0 Å². The standard InChI is InChI=1S/C14H26N2O2/c1-11-5-3-7-16(10-11)12(2)9-15-14(17)13-6-4-8-18-13/h11-13H,3-10H2,1-2H3,(H,15,17)/t11-,12+,13+/m1/s1. The molecule has 18 heavy (non-hydrogen) atoms. The summed E-state index contributed by atoms with van der Waals surface area (Å²) in [4.78, 5) is 14.3. The lowest BCUT2D eigenvalue weighted by Crippen LogP contribution is -2.47. The van der Waals surface area contributed by atoms with Crippen molar-refractivity contribution >= 4 is 5.91 Å². The van der Waals surface area contributed by atoms with E-state index in [1.54, 1.807) is 0 Å². The topological polar surface area (TPSA) is 41.6 Å². The molecule has 0 aromatic rings. The zero-order valence-corrected chi connectivity index (χ0v) is 11.7. The van der Waals surface area contributed by atoms with E-state index in [4.69, 9.17) is 4.74 Å². The number of carbonyl (C=O) groups excluding carboxylic acids is 1. The van der Waals surface area contributed by atoms with Gasteiger partial charge in [-0.25, -0.2) is 0 Å². The fraction of sp³-hybridized carbons (Fsp3) is 0.929. The van der Waals surface area contributed by atoms with Crippen LogP contribution in [0.25, 0.3) is 0 Å². The average Bonchev–Trinajstić information content (AvgIpc) is 2.89. The second kappa shape index (κ2) is 6.53. The van der Waals surface area contributed by atoms with E-state index in [-0.39, 0.29) is 12.0 Å². The van der Waals surface area contributed by atoms with Crippen LogP contribution in [0.1, 0.15) is 39.5 Å². The first-order valence-electron chi connectivity index (χ1n) is 7.30. The summed E-state index contributed by atoms with van der Waals surface area (Å²) in [6.07, 6.45) is 4.31. The Bertz CT molecular complexity index is 277. The van der Waals surface area contributed by atoms with E-state index in [0.29, 0.717) is 6.04 Å². The number of ether oxygens (including phenoxy) is 1. The van der Waals surface area contributed by atoms with Gasteiger partial charge in [0.25, 0.3) is 0 Å². The van der Waals surface area contributed by atoms with Crippen molar-refractivity contribution < 1.29 is 9.53 Å². The number of nitrogens with one attached hydrogen (secondary N) is 1. The summed E-state index contributed by atoms with van der Waals surface area (Å²) in [5.74, 6) is 0.861.